The SMILES string of the molecule is CCCN(CC(=O)NCc1ccccc1OC)CC(=O)Nc1ccc(Cl)cc1Cl. The van der Waals surface area contributed by atoms with E-state index in [2.05, 4.69) is 10.6 Å². The number of rotatable bonds is 10. The van der Waals surface area contributed by atoms with Crippen LogP contribution in [0.4, 0.5) is 5.69 Å². The number of ether oxygens (including phenoxy) is 1. The highest BCUT2D eigenvalue weighted by Crippen LogP contribution is 2.25. The van der Waals surface area contributed by atoms with Gasteiger partial charge in [0.25, 0.3) is 0 Å². The fourth-order valence-corrected chi connectivity index (χ4v) is 3.27. The second-order valence-corrected chi connectivity index (χ2v) is 7.32. The Labute approximate surface area is 181 Å². The Hall–Kier alpha value is -2.28. The predicted molar refractivity (Wildman–Crippen MR) is 117 cm³/mol. The van der Waals surface area contributed by atoms with Gasteiger partial charge in [0.15, 0.2) is 0 Å². The van der Waals surface area contributed by atoms with Gasteiger partial charge in [-0.05, 0) is 37.2 Å². The monoisotopic (exact) mass is 437 g/mol. The first-order chi connectivity index (χ1) is 13.9. The molecule has 0 aliphatic carbocycles. The van der Waals surface area contributed by atoms with Crippen LogP contribution in [0, 0.1) is 0 Å². The molecule has 0 aromatic heterocycles. The van der Waals surface area contributed by atoms with Gasteiger partial charge in [-0.1, -0.05) is 48.3 Å². The summed E-state index contributed by atoms with van der Waals surface area (Å²) >= 11 is 12.0. The second kappa shape index (κ2) is 11.7. The minimum absolute atomic E-state index is 0.0782. The number of halogens is 2. The molecule has 0 saturated carbocycles. The van der Waals surface area contributed by atoms with Crippen LogP contribution in [-0.4, -0.2) is 43.5 Å². The average Bonchev–Trinajstić information content (AvgIpc) is 2.69. The van der Waals surface area contributed by atoms with E-state index in [0.717, 1.165) is 17.7 Å². The van der Waals surface area contributed by atoms with Crippen molar-refractivity contribution in [3.8, 4) is 5.75 Å². The van der Waals surface area contributed by atoms with Crippen LogP contribution in [0.25, 0.3) is 0 Å². The van der Waals surface area contributed by atoms with Gasteiger partial charge in [0.2, 0.25) is 11.8 Å². The Kier molecular flexibility index (Phi) is 9.25. The zero-order valence-corrected chi connectivity index (χ0v) is 18.0. The summed E-state index contributed by atoms with van der Waals surface area (Å²) in [4.78, 5) is 26.5. The Morgan fingerprint density at radius 3 is 2.48 bits per heavy atom. The Balaban J connectivity index is 1.89. The second-order valence-electron chi connectivity index (χ2n) is 6.47. The van der Waals surface area contributed by atoms with E-state index < -0.39 is 0 Å². The van der Waals surface area contributed by atoms with Gasteiger partial charge in [0.1, 0.15) is 5.75 Å². The molecule has 0 aliphatic rings. The van der Waals surface area contributed by atoms with Crippen molar-refractivity contribution >= 4 is 40.7 Å². The normalized spacial score (nSPS) is 10.7. The lowest BCUT2D eigenvalue weighted by atomic mass is 10.2. The predicted octanol–water partition coefficient (Wildman–Crippen LogP) is 3.97. The molecule has 0 heterocycles. The van der Waals surface area contributed by atoms with Crippen molar-refractivity contribution in [1.29, 1.82) is 0 Å². The molecule has 156 valence electrons. The van der Waals surface area contributed by atoms with E-state index in [9.17, 15) is 9.59 Å². The number of carbonyl (C=O) groups is 2. The number of anilines is 1. The number of hydrogen-bond acceptors (Lipinski definition) is 4. The van der Waals surface area contributed by atoms with E-state index in [-0.39, 0.29) is 24.9 Å². The maximum atomic E-state index is 12.4. The van der Waals surface area contributed by atoms with Crippen LogP contribution < -0.4 is 15.4 Å². The molecule has 0 bridgehead atoms. The van der Waals surface area contributed by atoms with Crippen LogP contribution in [0.15, 0.2) is 42.5 Å². The zero-order valence-electron chi connectivity index (χ0n) is 16.5. The average molecular weight is 438 g/mol. The molecule has 2 amide bonds. The molecule has 0 radical (unpaired) electrons. The maximum absolute atomic E-state index is 12.4. The van der Waals surface area contributed by atoms with Crippen LogP contribution in [0.5, 0.6) is 5.75 Å². The molecule has 0 atom stereocenters. The third kappa shape index (κ3) is 7.57. The van der Waals surface area contributed by atoms with E-state index >= 15 is 0 Å². The van der Waals surface area contributed by atoms with Crippen LogP contribution >= 0.6 is 23.2 Å². The standard InChI is InChI=1S/C21H25Cl2N3O3/c1-3-10-26(14-21(28)25-18-9-8-16(22)11-17(18)23)13-20(27)24-12-15-6-4-5-7-19(15)29-2/h4-9,11H,3,10,12-14H2,1-2H3,(H,24,27)(H,25,28). The minimum Gasteiger partial charge on any atom is -0.496 e. The van der Waals surface area contributed by atoms with Crippen molar-refractivity contribution in [3.63, 3.8) is 0 Å². The number of benzene rings is 2. The van der Waals surface area contributed by atoms with Gasteiger partial charge < -0.3 is 15.4 Å². The first-order valence-corrected chi connectivity index (χ1v) is 10.0. The maximum Gasteiger partial charge on any atom is 0.238 e. The number of para-hydroxylation sites is 1. The summed E-state index contributed by atoms with van der Waals surface area (Å²) in [5, 5.41) is 6.48. The third-order valence-electron chi connectivity index (χ3n) is 4.15. The van der Waals surface area contributed by atoms with Crippen molar-refractivity contribution in [2.75, 3.05) is 32.1 Å². The van der Waals surface area contributed by atoms with Crippen LogP contribution in [0.3, 0.4) is 0 Å². The molecule has 0 saturated heterocycles. The minimum atomic E-state index is -0.250. The van der Waals surface area contributed by atoms with Gasteiger partial charge >= 0.3 is 0 Å². The number of nitrogens with zero attached hydrogens (tertiary/aromatic N) is 1. The first kappa shape index (κ1) is 23.0. The summed E-state index contributed by atoms with van der Waals surface area (Å²) in [7, 11) is 1.59. The number of nitrogens with one attached hydrogen (secondary N) is 2. The van der Waals surface area contributed by atoms with E-state index in [1.807, 2.05) is 31.2 Å². The molecular weight excluding hydrogens is 413 g/mol. The molecule has 29 heavy (non-hydrogen) atoms. The van der Waals surface area contributed by atoms with Crippen molar-refractivity contribution in [3.05, 3.63) is 58.1 Å². The lowest BCUT2D eigenvalue weighted by Gasteiger charge is -2.21. The molecular formula is C21H25Cl2N3O3. The van der Waals surface area contributed by atoms with E-state index in [1.165, 1.54) is 0 Å². The Morgan fingerprint density at radius 1 is 1.07 bits per heavy atom. The van der Waals surface area contributed by atoms with Crippen molar-refractivity contribution < 1.29 is 14.3 Å². The molecule has 2 rings (SSSR count). The van der Waals surface area contributed by atoms with Crippen LogP contribution in [0.1, 0.15) is 18.9 Å². The fraction of sp³-hybridized carbons (Fsp3) is 0.333. The lowest BCUT2D eigenvalue weighted by Crippen LogP contribution is -2.41. The first-order valence-electron chi connectivity index (χ1n) is 9.28. The van der Waals surface area contributed by atoms with Gasteiger partial charge in [-0.25, -0.2) is 0 Å². The molecule has 0 unspecified atom stereocenters. The smallest absolute Gasteiger partial charge is 0.238 e. The highest BCUT2D eigenvalue weighted by Gasteiger charge is 2.15. The van der Waals surface area contributed by atoms with Crippen molar-refractivity contribution in [2.24, 2.45) is 0 Å². The Morgan fingerprint density at radius 2 is 1.79 bits per heavy atom. The van der Waals surface area contributed by atoms with E-state index in [4.69, 9.17) is 27.9 Å². The van der Waals surface area contributed by atoms with Crippen LogP contribution in [0.2, 0.25) is 10.0 Å². The van der Waals surface area contributed by atoms with Crippen molar-refractivity contribution in [2.45, 2.75) is 19.9 Å². The topological polar surface area (TPSA) is 70.7 Å². The van der Waals surface area contributed by atoms with Crippen LogP contribution in [-0.2, 0) is 16.1 Å². The molecule has 2 aromatic rings. The van der Waals surface area contributed by atoms with Gasteiger partial charge in [0, 0.05) is 17.1 Å². The van der Waals surface area contributed by atoms with Gasteiger partial charge in [-0.3, -0.25) is 14.5 Å². The largest absolute Gasteiger partial charge is 0.496 e. The third-order valence-corrected chi connectivity index (χ3v) is 4.70. The lowest BCUT2D eigenvalue weighted by molar-refractivity contribution is -0.123. The summed E-state index contributed by atoms with van der Waals surface area (Å²) in [6.07, 6.45) is 0.814. The van der Waals surface area contributed by atoms with Gasteiger partial charge in [0.05, 0.1) is 30.9 Å². The van der Waals surface area contributed by atoms with Gasteiger partial charge in [-0.2, -0.15) is 0 Å². The Bertz CT molecular complexity index is 846. The summed E-state index contributed by atoms with van der Waals surface area (Å²) in [6, 6.07) is 12.4. The molecule has 2 N–H and O–H groups in total. The fourth-order valence-electron chi connectivity index (χ4n) is 2.82. The molecule has 0 aliphatic heterocycles. The summed E-state index contributed by atoms with van der Waals surface area (Å²) in [6.45, 7) is 3.16. The quantitative estimate of drug-likeness (QED) is 0.589. The number of carbonyl (C=O) groups excluding carboxylic acids is 2. The number of hydrogen-bond donors (Lipinski definition) is 2. The van der Waals surface area contributed by atoms with Crippen molar-refractivity contribution in [1.82, 2.24) is 10.2 Å². The highest BCUT2D eigenvalue weighted by molar-refractivity contribution is 6.36. The zero-order chi connectivity index (χ0) is 21.2. The molecule has 6 nitrogen and oxygen atoms in total. The summed E-state index contributed by atoms with van der Waals surface area (Å²) in [5.41, 5.74) is 1.37. The number of amides is 2. The summed E-state index contributed by atoms with van der Waals surface area (Å²) in [5.74, 6) is 0.305. The van der Waals surface area contributed by atoms with E-state index in [0.29, 0.717) is 28.8 Å². The molecule has 8 heteroatoms. The highest BCUT2D eigenvalue weighted by atomic mass is 35.5. The molecule has 0 fully saturated rings. The molecule has 0 spiro atoms. The summed E-state index contributed by atoms with van der Waals surface area (Å²) < 4.78 is 5.29. The van der Waals surface area contributed by atoms with E-state index in [1.54, 1.807) is 30.2 Å². The number of methoxy groups -OCH3 is 1. The molecule has 2 aromatic carbocycles. The van der Waals surface area contributed by atoms with Gasteiger partial charge in [-0.15, -0.1) is 0 Å².